The van der Waals surface area contributed by atoms with Gasteiger partial charge in [-0.3, -0.25) is 4.79 Å². The van der Waals surface area contributed by atoms with Gasteiger partial charge >= 0.3 is 0 Å². The zero-order valence-corrected chi connectivity index (χ0v) is 11.5. The van der Waals surface area contributed by atoms with E-state index in [-0.39, 0.29) is 5.91 Å². The van der Waals surface area contributed by atoms with E-state index in [1.807, 2.05) is 19.1 Å². The summed E-state index contributed by atoms with van der Waals surface area (Å²) >= 11 is 0. The fourth-order valence-electron chi connectivity index (χ4n) is 1.79. The lowest BCUT2D eigenvalue weighted by atomic mass is 10.2. The molecule has 0 radical (unpaired) electrons. The number of rotatable bonds is 5. The first-order valence-corrected chi connectivity index (χ1v) is 6.41. The summed E-state index contributed by atoms with van der Waals surface area (Å²) < 4.78 is 5.35. The summed E-state index contributed by atoms with van der Waals surface area (Å²) in [5.74, 6) is 1.13. The van der Waals surface area contributed by atoms with Crippen LogP contribution in [0.15, 0.2) is 42.6 Å². The third-order valence-corrected chi connectivity index (χ3v) is 2.71. The molecule has 0 aliphatic carbocycles. The van der Waals surface area contributed by atoms with Crippen molar-refractivity contribution in [1.82, 2.24) is 4.98 Å². The Morgan fingerprint density at radius 2 is 2.00 bits per heavy atom. The number of pyridine rings is 1. The molecule has 0 saturated carbocycles. The van der Waals surface area contributed by atoms with Gasteiger partial charge in [-0.25, -0.2) is 4.98 Å². The molecular formula is C15H17N3O2. The standard InChI is InChI=1S/C15H17N3O2/c1-3-20-12-8-6-11(7-9-12)18-15(19)13-5-4-10-17-14(13)16-2/h4-10H,3H2,1-2H3,(H,16,17)(H,18,19). The third-order valence-electron chi connectivity index (χ3n) is 2.71. The fraction of sp³-hybridized carbons (Fsp3) is 0.200. The highest BCUT2D eigenvalue weighted by molar-refractivity contribution is 6.07. The maximum Gasteiger partial charge on any atom is 0.259 e. The maximum atomic E-state index is 12.2. The number of amides is 1. The highest BCUT2D eigenvalue weighted by Crippen LogP contribution is 2.18. The van der Waals surface area contributed by atoms with Gasteiger partial charge in [0, 0.05) is 18.9 Å². The number of nitrogens with one attached hydrogen (secondary N) is 2. The van der Waals surface area contributed by atoms with Gasteiger partial charge in [-0.05, 0) is 43.3 Å². The van der Waals surface area contributed by atoms with Crippen molar-refractivity contribution < 1.29 is 9.53 Å². The maximum absolute atomic E-state index is 12.2. The molecule has 0 aliphatic heterocycles. The second kappa shape index (κ2) is 6.56. The van der Waals surface area contributed by atoms with Crippen LogP contribution < -0.4 is 15.4 Å². The van der Waals surface area contributed by atoms with E-state index in [9.17, 15) is 4.79 Å². The Kier molecular flexibility index (Phi) is 4.55. The summed E-state index contributed by atoms with van der Waals surface area (Å²) in [6, 6.07) is 10.7. The molecule has 2 N–H and O–H groups in total. The van der Waals surface area contributed by atoms with Crippen LogP contribution in [0, 0.1) is 0 Å². The van der Waals surface area contributed by atoms with Crippen molar-refractivity contribution in [3.8, 4) is 5.75 Å². The average Bonchev–Trinajstić information content (AvgIpc) is 2.49. The lowest BCUT2D eigenvalue weighted by molar-refractivity contribution is 0.102. The summed E-state index contributed by atoms with van der Waals surface area (Å²) in [5, 5.41) is 5.72. The number of benzene rings is 1. The molecule has 0 saturated heterocycles. The summed E-state index contributed by atoms with van der Waals surface area (Å²) in [6.07, 6.45) is 1.64. The Labute approximate surface area is 118 Å². The predicted octanol–water partition coefficient (Wildman–Crippen LogP) is 2.77. The van der Waals surface area contributed by atoms with Crippen molar-refractivity contribution in [3.63, 3.8) is 0 Å². The van der Waals surface area contributed by atoms with Crippen LogP contribution in [0.4, 0.5) is 11.5 Å². The predicted molar refractivity (Wildman–Crippen MR) is 79.3 cm³/mol. The Morgan fingerprint density at radius 3 is 2.65 bits per heavy atom. The Hall–Kier alpha value is -2.56. The van der Waals surface area contributed by atoms with Crippen molar-refractivity contribution in [2.75, 3.05) is 24.3 Å². The van der Waals surface area contributed by atoms with E-state index in [2.05, 4.69) is 15.6 Å². The molecule has 2 aromatic rings. The lowest BCUT2D eigenvalue weighted by Crippen LogP contribution is -2.14. The molecule has 0 atom stereocenters. The molecule has 1 amide bonds. The van der Waals surface area contributed by atoms with Crippen molar-refractivity contribution >= 4 is 17.4 Å². The van der Waals surface area contributed by atoms with Gasteiger partial charge in [0.1, 0.15) is 11.6 Å². The average molecular weight is 271 g/mol. The first-order valence-electron chi connectivity index (χ1n) is 6.41. The van der Waals surface area contributed by atoms with Gasteiger partial charge in [0.2, 0.25) is 0 Å². The Bertz CT molecular complexity index is 582. The number of carbonyl (C=O) groups excluding carboxylic acids is 1. The number of nitrogens with zero attached hydrogens (tertiary/aromatic N) is 1. The summed E-state index contributed by atoms with van der Waals surface area (Å²) in [4.78, 5) is 16.3. The molecular weight excluding hydrogens is 254 g/mol. The number of anilines is 2. The van der Waals surface area contributed by atoms with Crippen LogP contribution in [0.25, 0.3) is 0 Å². The summed E-state index contributed by atoms with van der Waals surface area (Å²) in [6.45, 7) is 2.55. The highest BCUT2D eigenvalue weighted by Gasteiger charge is 2.11. The smallest absolute Gasteiger partial charge is 0.259 e. The Balaban J connectivity index is 2.11. The molecule has 1 heterocycles. The summed E-state index contributed by atoms with van der Waals surface area (Å²) in [5.41, 5.74) is 1.22. The minimum absolute atomic E-state index is 0.202. The number of aromatic nitrogens is 1. The monoisotopic (exact) mass is 271 g/mol. The number of hydrogen-bond donors (Lipinski definition) is 2. The highest BCUT2D eigenvalue weighted by atomic mass is 16.5. The largest absolute Gasteiger partial charge is 0.494 e. The van der Waals surface area contributed by atoms with Crippen molar-refractivity contribution in [3.05, 3.63) is 48.2 Å². The normalized spacial score (nSPS) is 9.90. The molecule has 0 aliphatic rings. The molecule has 1 aromatic carbocycles. The SMILES string of the molecule is CCOc1ccc(NC(=O)c2cccnc2NC)cc1. The van der Waals surface area contributed by atoms with E-state index >= 15 is 0 Å². The fourth-order valence-corrected chi connectivity index (χ4v) is 1.79. The molecule has 0 unspecified atom stereocenters. The van der Waals surface area contributed by atoms with E-state index in [0.29, 0.717) is 23.7 Å². The van der Waals surface area contributed by atoms with E-state index in [1.54, 1.807) is 37.5 Å². The molecule has 20 heavy (non-hydrogen) atoms. The van der Waals surface area contributed by atoms with Crippen molar-refractivity contribution in [2.24, 2.45) is 0 Å². The number of carbonyl (C=O) groups is 1. The topological polar surface area (TPSA) is 63.2 Å². The molecule has 0 spiro atoms. The second-order valence-electron chi connectivity index (χ2n) is 4.06. The summed E-state index contributed by atoms with van der Waals surface area (Å²) in [7, 11) is 1.73. The van der Waals surface area contributed by atoms with Crippen molar-refractivity contribution in [2.45, 2.75) is 6.92 Å². The van der Waals surface area contributed by atoms with E-state index in [1.165, 1.54) is 0 Å². The zero-order valence-electron chi connectivity index (χ0n) is 11.5. The van der Waals surface area contributed by atoms with Gasteiger partial charge in [0.05, 0.1) is 12.2 Å². The van der Waals surface area contributed by atoms with E-state index in [4.69, 9.17) is 4.74 Å². The third kappa shape index (κ3) is 3.26. The van der Waals surface area contributed by atoms with Crippen LogP contribution in [0.3, 0.4) is 0 Å². The van der Waals surface area contributed by atoms with Gasteiger partial charge in [-0.2, -0.15) is 0 Å². The van der Waals surface area contributed by atoms with Gasteiger partial charge < -0.3 is 15.4 Å². The van der Waals surface area contributed by atoms with Crippen LogP contribution in [0.1, 0.15) is 17.3 Å². The van der Waals surface area contributed by atoms with Crippen LogP contribution in [-0.4, -0.2) is 24.5 Å². The van der Waals surface area contributed by atoms with Gasteiger partial charge in [0.15, 0.2) is 0 Å². The molecule has 5 nitrogen and oxygen atoms in total. The van der Waals surface area contributed by atoms with Crippen LogP contribution in [0.5, 0.6) is 5.75 Å². The Morgan fingerprint density at radius 1 is 1.25 bits per heavy atom. The molecule has 104 valence electrons. The first-order chi connectivity index (χ1) is 9.74. The number of ether oxygens (including phenoxy) is 1. The minimum atomic E-state index is -0.202. The quantitative estimate of drug-likeness (QED) is 0.877. The molecule has 2 rings (SSSR count). The number of hydrogen-bond acceptors (Lipinski definition) is 4. The van der Waals surface area contributed by atoms with Crippen LogP contribution in [0.2, 0.25) is 0 Å². The first kappa shape index (κ1) is 13.9. The molecule has 5 heteroatoms. The van der Waals surface area contributed by atoms with E-state index in [0.717, 1.165) is 5.75 Å². The molecule has 0 bridgehead atoms. The lowest BCUT2D eigenvalue weighted by Gasteiger charge is -2.09. The molecule has 1 aromatic heterocycles. The zero-order chi connectivity index (χ0) is 14.4. The molecule has 0 fully saturated rings. The minimum Gasteiger partial charge on any atom is -0.494 e. The van der Waals surface area contributed by atoms with Gasteiger partial charge in [-0.1, -0.05) is 0 Å². The van der Waals surface area contributed by atoms with Gasteiger partial charge in [-0.15, -0.1) is 0 Å². The van der Waals surface area contributed by atoms with Gasteiger partial charge in [0.25, 0.3) is 5.91 Å². The van der Waals surface area contributed by atoms with Crippen molar-refractivity contribution in [1.29, 1.82) is 0 Å². The van der Waals surface area contributed by atoms with Crippen LogP contribution in [-0.2, 0) is 0 Å². The van der Waals surface area contributed by atoms with Crippen LogP contribution >= 0.6 is 0 Å². The second-order valence-corrected chi connectivity index (χ2v) is 4.06. The van der Waals surface area contributed by atoms with E-state index < -0.39 is 0 Å².